The number of carbonyl (C=O) groups is 2. The number of amides is 2. The Bertz CT molecular complexity index is 750. The largest absolute Gasteiger partial charge is 0.326 e. The molecule has 0 fully saturated rings. The van der Waals surface area contributed by atoms with Crippen molar-refractivity contribution in [3.05, 3.63) is 58.6 Å². The number of hydrogen-bond acceptors (Lipinski definition) is 2. The SMILES string of the molecule is CC(=O)Nc1ccc(F)c(NC(=O)c2cc(Cl)ccc2F)c1. The number of benzene rings is 2. The number of hydrogen-bond donors (Lipinski definition) is 2. The second-order valence-corrected chi connectivity index (χ2v) is 4.89. The smallest absolute Gasteiger partial charge is 0.258 e. The molecular weight excluding hydrogens is 314 g/mol. The molecule has 0 spiro atoms. The number of anilines is 2. The minimum absolute atomic E-state index is 0.180. The van der Waals surface area contributed by atoms with Gasteiger partial charge in [-0.05, 0) is 36.4 Å². The van der Waals surface area contributed by atoms with Crippen LogP contribution >= 0.6 is 11.6 Å². The Kier molecular flexibility index (Phi) is 4.72. The van der Waals surface area contributed by atoms with Crippen LogP contribution in [0.2, 0.25) is 5.02 Å². The molecule has 0 bridgehead atoms. The zero-order valence-corrected chi connectivity index (χ0v) is 12.2. The molecule has 2 aromatic carbocycles. The highest BCUT2D eigenvalue weighted by Crippen LogP contribution is 2.22. The summed E-state index contributed by atoms with van der Waals surface area (Å²) in [7, 11) is 0. The predicted molar refractivity (Wildman–Crippen MR) is 80.1 cm³/mol. The standard InChI is InChI=1S/C15H11ClF2N2O2/c1-8(21)19-10-3-5-13(18)14(7-10)20-15(22)11-6-9(16)2-4-12(11)17/h2-7H,1H3,(H,19,21)(H,20,22). The lowest BCUT2D eigenvalue weighted by atomic mass is 10.2. The average Bonchev–Trinajstić information content (AvgIpc) is 2.44. The molecule has 0 atom stereocenters. The molecule has 0 aromatic heterocycles. The van der Waals surface area contributed by atoms with Gasteiger partial charge in [0.15, 0.2) is 0 Å². The summed E-state index contributed by atoms with van der Waals surface area (Å²) in [4.78, 5) is 23.0. The van der Waals surface area contributed by atoms with E-state index in [1.807, 2.05) is 0 Å². The molecule has 2 aromatic rings. The quantitative estimate of drug-likeness (QED) is 0.901. The molecule has 0 unspecified atom stereocenters. The minimum atomic E-state index is -0.848. The van der Waals surface area contributed by atoms with Crippen LogP contribution in [0.3, 0.4) is 0 Å². The van der Waals surface area contributed by atoms with Crippen LogP contribution in [0.15, 0.2) is 36.4 Å². The van der Waals surface area contributed by atoms with E-state index in [4.69, 9.17) is 11.6 Å². The predicted octanol–water partition coefficient (Wildman–Crippen LogP) is 3.83. The van der Waals surface area contributed by atoms with Crippen molar-refractivity contribution in [1.82, 2.24) is 0 Å². The lowest BCUT2D eigenvalue weighted by molar-refractivity contribution is -0.114. The Morgan fingerprint density at radius 1 is 1.00 bits per heavy atom. The third-order valence-corrected chi connectivity index (χ3v) is 2.94. The van der Waals surface area contributed by atoms with Gasteiger partial charge in [0.1, 0.15) is 11.6 Å². The second kappa shape index (κ2) is 6.53. The van der Waals surface area contributed by atoms with Gasteiger partial charge in [-0.1, -0.05) is 11.6 Å². The maximum atomic E-state index is 13.7. The van der Waals surface area contributed by atoms with Crippen molar-refractivity contribution >= 4 is 34.8 Å². The van der Waals surface area contributed by atoms with Gasteiger partial charge in [0.25, 0.3) is 5.91 Å². The van der Waals surface area contributed by atoms with Crippen LogP contribution in [0.25, 0.3) is 0 Å². The molecule has 2 amide bonds. The highest BCUT2D eigenvalue weighted by molar-refractivity contribution is 6.31. The van der Waals surface area contributed by atoms with Gasteiger partial charge in [0.05, 0.1) is 11.3 Å². The van der Waals surface area contributed by atoms with E-state index >= 15 is 0 Å². The summed E-state index contributed by atoms with van der Waals surface area (Å²) in [6.45, 7) is 1.29. The molecule has 7 heteroatoms. The first-order valence-electron chi connectivity index (χ1n) is 6.20. The van der Waals surface area contributed by atoms with E-state index in [0.29, 0.717) is 5.69 Å². The summed E-state index contributed by atoms with van der Waals surface area (Å²) >= 11 is 5.71. The zero-order valence-electron chi connectivity index (χ0n) is 11.4. The molecule has 0 heterocycles. The van der Waals surface area contributed by atoms with E-state index in [1.54, 1.807) is 0 Å². The first-order chi connectivity index (χ1) is 10.4. The summed E-state index contributed by atoms with van der Waals surface area (Å²) < 4.78 is 27.3. The highest BCUT2D eigenvalue weighted by Gasteiger charge is 2.15. The van der Waals surface area contributed by atoms with E-state index in [1.165, 1.54) is 25.1 Å². The molecule has 22 heavy (non-hydrogen) atoms. The van der Waals surface area contributed by atoms with E-state index < -0.39 is 17.5 Å². The lowest BCUT2D eigenvalue weighted by Crippen LogP contribution is -2.15. The lowest BCUT2D eigenvalue weighted by Gasteiger charge is -2.10. The molecule has 0 saturated carbocycles. The molecule has 0 aliphatic carbocycles. The number of carbonyl (C=O) groups excluding carboxylic acids is 2. The van der Waals surface area contributed by atoms with E-state index in [0.717, 1.165) is 18.2 Å². The maximum absolute atomic E-state index is 13.7. The molecule has 0 aliphatic heterocycles. The van der Waals surface area contributed by atoms with E-state index in [-0.39, 0.29) is 22.2 Å². The first-order valence-corrected chi connectivity index (χ1v) is 6.58. The van der Waals surface area contributed by atoms with Crippen LogP contribution in [0, 0.1) is 11.6 Å². The Morgan fingerprint density at radius 2 is 1.68 bits per heavy atom. The summed E-state index contributed by atoms with van der Waals surface area (Å²) in [5, 5.41) is 4.88. The summed E-state index contributed by atoms with van der Waals surface area (Å²) in [5.74, 6) is -2.69. The molecule has 0 radical (unpaired) electrons. The maximum Gasteiger partial charge on any atom is 0.258 e. The fourth-order valence-corrected chi connectivity index (χ4v) is 1.94. The normalized spacial score (nSPS) is 10.2. The van der Waals surface area contributed by atoms with Gasteiger partial charge >= 0.3 is 0 Å². The topological polar surface area (TPSA) is 58.2 Å². The Morgan fingerprint density at radius 3 is 2.36 bits per heavy atom. The van der Waals surface area contributed by atoms with Gasteiger partial charge in [-0.2, -0.15) is 0 Å². The molecule has 0 aliphatic rings. The Balaban J connectivity index is 2.27. The summed E-state index contributed by atoms with van der Waals surface area (Å²) in [6, 6.07) is 7.13. The Labute approximate surface area is 130 Å². The van der Waals surface area contributed by atoms with Gasteiger partial charge in [-0.25, -0.2) is 8.78 Å². The molecule has 2 rings (SSSR count). The van der Waals surface area contributed by atoms with Gasteiger partial charge in [-0.15, -0.1) is 0 Å². The fraction of sp³-hybridized carbons (Fsp3) is 0.0667. The van der Waals surface area contributed by atoms with E-state index in [2.05, 4.69) is 10.6 Å². The number of halogens is 3. The molecule has 4 nitrogen and oxygen atoms in total. The fourth-order valence-electron chi connectivity index (χ4n) is 1.76. The summed E-state index contributed by atoms with van der Waals surface area (Å²) in [5.41, 5.74) is -0.191. The van der Waals surface area contributed by atoms with Crippen molar-refractivity contribution in [1.29, 1.82) is 0 Å². The number of rotatable bonds is 3. The van der Waals surface area contributed by atoms with Crippen molar-refractivity contribution in [2.45, 2.75) is 6.92 Å². The molecular formula is C15H11ClF2N2O2. The van der Waals surface area contributed by atoms with Crippen molar-refractivity contribution in [2.24, 2.45) is 0 Å². The van der Waals surface area contributed by atoms with Gasteiger partial charge in [0, 0.05) is 17.6 Å². The van der Waals surface area contributed by atoms with Crippen LogP contribution in [-0.4, -0.2) is 11.8 Å². The van der Waals surface area contributed by atoms with E-state index in [9.17, 15) is 18.4 Å². The van der Waals surface area contributed by atoms with Crippen LogP contribution in [-0.2, 0) is 4.79 Å². The molecule has 2 N–H and O–H groups in total. The van der Waals surface area contributed by atoms with Crippen LogP contribution in [0.5, 0.6) is 0 Å². The van der Waals surface area contributed by atoms with Crippen LogP contribution < -0.4 is 10.6 Å². The van der Waals surface area contributed by atoms with Crippen LogP contribution in [0.1, 0.15) is 17.3 Å². The highest BCUT2D eigenvalue weighted by atomic mass is 35.5. The minimum Gasteiger partial charge on any atom is -0.326 e. The third-order valence-electron chi connectivity index (χ3n) is 2.71. The van der Waals surface area contributed by atoms with Crippen molar-refractivity contribution in [3.8, 4) is 0 Å². The Hall–Kier alpha value is -2.47. The third kappa shape index (κ3) is 3.79. The van der Waals surface area contributed by atoms with Crippen molar-refractivity contribution in [2.75, 3.05) is 10.6 Å². The zero-order chi connectivity index (χ0) is 16.3. The molecule has 114 valence electrons. The van der Waals surface area contributed by atoms with Gasteiger partial charge in [-0.3, -0.25) is 9.59 Å². The van der Waals surface area contributed by atoms with Crippen molar-refractivity contribution < 1.29 is 18.4 Å². The van der Waals surface area contributed by atoms with Crippen molar-refractivity contribution in [3.63, 3.8) is 0 Å². The number of nitrogens with one attached hydrogen (secondary N) is 2. The second-order valence-electron chi connectivity index (χ2n) is 4.45. The van der Waals surface area contributed by atoms with Crippen LogP contribution in [0.4, 0.5) is 20.2 Å². The van der Waals surface area contributed by atoms with Gasteiger partial charge in [0.2, 0.25) is 5.91 Å². The first kappa shape index (κ1) is 15.9. The van der Waals surface area contributed by atoms with Gasteiger partial charge < -0.3 is 10.6 Å². The monoisotopic (exact) mass is 324 g/mol. The summed E-state index contributed by atoms with van der Waals surface area (Å²) in [6.07, 6.45) is 0. The molecule has 0 saturated heterocycles. The average molecular weight is 325 g/mol.